The Morgan fingerprint density at radius 1 is 0.944 bits per heavy atom. The van der Waals surface area contributed by atoms with Crippen LogP contribution in [0.5, 0.6) is 0 Å². The molecule has 2 aliphatic rings. The van der Waals surface area contributed by atoms with Crippen molar-refractivity contribution in [3.8, 4) is 0 Å². The molecule has 0 bridgehead atoms. The number of nitrogens with two attached hydrogens (primary N) is 1. The number of Topliss-reactive ketones (excluding diaryl/α,β-unsaturated/α-hetero) is 1. The summed E-state index contributed by atoms with van der Waals surface area (Å²) in [5.41, 5.74) is 4.01. The number of unbranched alkanes of at least 4 members (excludes halogenated alkanes) is 4. The third-order valence-electron chi connectivity index (χ3n) is 11.2. The number of fused-ring (bicyclic) bond motifs is 1. The van der Waals surface area contributed by atoms with Gasteiger partial charge in [0, 0.05) is 43.5 Å². The first kappa shape index (κ1) is 61.6. The number of phosphoric acid groups is 3. The number of thioether (sulfide) groups is 1. The van der Waals surface area contributed by atoms with Crippen LogP contribution in [-0.2, 0) is 65.0 Å². The lowest BCUT2D eigenvalue weighted by molar-refractivity contribution is -0.347. The number of carbonyl (C=O) groups excluding carboxylic acids is 4. The van der Waals surface area contributed by atoms with Gasteiger partial charge in [-0.15, -0.1) is 0 Å². The van der Waals surface area contributed by atoms with E-state index in [9.17, 15) is 72.9 Å². The average molecular weight is 1110 g/mol. The number of aliphatic hydroxyl groups excluding tert-OH is 4. The molecule has 410 valence electrons. The molecule has 0 aromatic carbocycles. The summed E-state index contributed by atoms with van der Waals surface area (Å²) >= 11 is 0.883. The number of rotatable bonds is 31. The zero-order valence-electron chi connectivity index (χ0n) is 39.8. The van der Waals surface area contributed by atoms with Gasteiger partial charge in [0.15, 0.2) is 29.1 Å². The topological polar surface area (TPSA) is 451 Å². The molecule has 12 atom stereocenters. The highest BCUT2D eigenvalue weighted by atomic mass is 32.2. The predicted molar refractivity (Wildman–Crippen MR) is 242 cm³/mol. The van der Waals surface area contributed by atoms with E-state index in [1.807, 2.05) is 6.92 Å². The van der Waals surface area contributed by atoms with Gasteiger partial charge in [0.2, 0.25) is 11.8 Å². The van der Waals surface area contributed by atoms with Crippen molar-refractivity contribution in [3.05, 3.63) is 12.7 Å². The monoisotopic (exact) mass is 1110 g/mol. The standard InChI is InChI=1S/C39H66N7O22P3S/c1-22(64-38-26(49)17-25(48)23(2)65-38)10-8-6-5-7-9-11-24(47)16-29(51)72-15-14-41-28(50)12-13-42-36(54)33(53)39(3,4)19-63-71(60,61)68-70(58,59)62-18-27-32(67-69(55,56)57)31(52)37(66-27)46-21-45-30-34(40)43-20-44-35(30)46/h20-23,25-27,31-33,37-38,48-49,52-53H,5-19H2,1-4H3,(H,41,50)(H,42,54)(H,58,59)(H,60,61)(H2,40,43,44)(H2,55,56,57)/p-4/t22-,23+,25-,26-,27-,31-,32-,33+,37-,38-/m1/s1. The summed E-state index contributed by atoms with van der Waals surface area (Å²) in [6.45, 7) is 3.44. The molecule has 2 aromatic heterocycles. The first-order valence-corrected chi connectivity index (χ1v) is 28.1. The second kappa shape index (κ2) is 27.7. The minimum absolute atomic E-state index is 0.0313. The SMILES string of the molecule is C[C@H](CCCCCCCC(=O)CC(=O)SCCNC(=O)CCNC(=O)[C@H](O)C(C)(C)COP(=O)([O-])OP(=O)([O-])OC[C@H]1O[C@@H](n2cnc3c(N)ncnc32)[C@H](O)[C@@H]1OP(=O)([O-])[O-])O[C@@H]1O[C@@H](C)[C@H](O)C[C@H]1O. The van der Waals surface area contributed by atoms with Crippen LogP contribution in [0.25, 0.3) is 11.2 Å². The van der Waals surface area contributed by atoms with Gasteiger partial charge in [0.1, 0.15) is 48.1 Å². The second-order valence-electron chi connectivity index (χ2n) is 17.8. The average Bonchev–Trinajstić information content (AvgIpc) is 3.84. The zero-order valence-corrected chi connectivity index (χ0v) is 43.3. The maximum Gasteiger partial charge on any atom is 0.274 e. The number of ketones is 1. The normalized spacial score (nSPS) is 25.3. The van der Waals surface area contributed by atoms with Gasteiger partial charge in [-0.2, -0.15) is 0 Å². The molecule has 33 heteroatoms. The smallest absolute Gasteiger partial charge is 0.274 e. The van der Waals surface area contributed by atoms with Gasteiger partial charge >= 0.3 is 0 Å². The third-order valence-corrected chi connectivity index (χ3v) is 15.1. The molecule has 8 N–H and O–H groups in total. The number of hydrogen-bond acceptors (Lipinski definition) is 27. The molecule has 2 aliphatic heterocycles. The maximum atomic E-state index is 12.7. The van der Waals surface area contributed by atoms with Crippen LogP contribution in [-0.4, -0.2) is 150 Å². The molecule has 0 aliphatic carbocycles. The van der Waals surface area contributed by atoms with Gasteiger partial charge in [0.25, 0.3) is 15.6 Å². The largest absolute Gasteiger partial charge is 0.790 e. The van der Waals surface area contributed by atoms with Crippen LogP contribution in [0, 0.1) is 5.41 Å². The highest BCUT2D eigenvalue weighted by Gasteiger charge is 2.47. The summed E-state index contributed by atoms with van der Waals surface area (Å²) in [5, 5.41) is 45.8. The molecule has 2 unspecified atom stereocenters. The number of imidazole rings is 1. The van der Waals surface area contributed by atoms with Crippen molar-refractivity contribution in [1.29, 1.82) is 0 Å². The van der Waals surface area contributed by atoms with Crippen molar-refractivity contribution in [2.24, 2.45) is 5.41 Å². The molecule has 4 rings (SSSR count). The van der Waals surface area contributed by atoms with Gasteiger partial charge in [-0.05, 0) is 26.7 Å². The molecule has 2 amide bonds. The number of hydrogen-bond donors (Lipinski definition) is 7. The molecule has 0 spiro atoms. The number of nitrogen functional groups attached to an aromatic ring is 1. The van der Waals surface area contributed by atoms with Crippen molar-refractivity contribution in [2.75, 3.05) is 37.8 Å². The second-order valence-corrected chi connectivity index (χ2v) is 23.0. The fourth-order valence-electron chi connectivity index (χ4n) is 7.22. The van der Waals surface area contributed by atoms with Gasteiger partial charge in [-0.1, -0.05) is 51.3 Å². The van der Waals surface area contributed by atoms with E-state index in [2.05, 4.69) is 43.5 Å². The number of ether oxygens (including phenoxy) is 3. The lowest BCUT2D eigenvalue weighted by Crippen LogP contribution is -2.48. The molecular formula is C39H62N7O22P3S-4. The summed E-state index contributed by atoms with van der Waals surface area (Å²) in [5.74, 6) is -1.69. The first-order chi connectivity index (χ1) is 33.6. The lowest BCUT2D eigenvalue weighted by atomic mass is 9.87. The fourth-order valence-corrected chi connectivity index (χ4v) is 10.7. The number of aromatic nitrogens is 4. The van der Waals surface area contributed by atoms with Crippen molar-refractivity contribution < 1.29 is 105 Å². The van der Waals surface area contributed by atoms with Crippen LogP contribution >= 0.6 is 35.2 Å². The van der Waals surface area contributed by atoms with Crippen LogP contribution in [0.15, 0.2) is 12.7 Å². The van der Waals surface area contributed by atoms with E-state index in [-0.39, 0.29) is 78.5 Å². The number of anilines is 1. The van der Waals surface area contributed by atoms with Crippen LogP contribution in [0.3, 0.4) is 0 Å². The van der Waals surface area contributed by atoms with E-state index in [1.165, 1.54) is 13.8 Å². The molecule has 0 saturated carbocycles. The van der Waals surface area contributed by atoms with E-state index in [1.54, 1.807) is 6.92 Å². The van der Waals surface area contributed by atoms with E-state index < -0.39 is 109 Å². The summed E-state index contributed by atoms with van der Waals surface area (Å²) in [6, 6.07) is 0. The minimum atomic E-state index is -5.95. The number of phosphoric ester groups is 3. The van der Waals surface area contributed by atoms with Crippen LogP contribution in [0.1, 0.15) is 98.1 Å². The Balaban J connectivity index is 1.07. The molecule has 72 heavy (non-hydrogen) atoms. The molecule has 2 fully saturated rings. The molecule has 4 heterocycles. The summed E-state index contributed by atoms with van der Waals surface area (Å²) in [7, 11) is -17.7. The van der Waals surface area contributed by atoms with E-state index in [4.69, 9.17) is 19.9 Å². The van der Waals surface area contributed by atoms with Crippen molar-refractivity contribution in [3.63, 3.8) is 0 Å². The molecule has 2 saturated heterocycles. The van der Waals surface area contributed by atoms with Gasteiger partial charge in [-0.25, -0.2) is 19.3 Å². The Bertz CT molecular complexity index is 2280. The zero-order chi connectivity index (χ0) is 53.6. The predicted octanol–water partition coefficient (Wildman–Crippen LogP) is -1.91. The molecule has 29 nitrogen and oxygen atoms in total. The maximum absolute atomic E-state index is 12.7. The first-order valence-electron chi connectivity index (χ1n) is 22.7. The number of amides is 2. The Labute approximate surface area is 418 Å². The Kier molecular flexibility index (Phi) is 23.7. The van der Waals surface area contributed by atoms with E-state index in [0.717, 1.165) is 61.1 Å². The number of carbonyl (C=O) groups is 4. The van der Waals surface area contributed by atoms with Crippen molar-refractivity contribution >= 4 is 74.9 Å². The highest BCUT2D eigenvalue weighted by molar-refractivity contribution is 8.13. The number of nitrogens with one attached hydrogen (secondary N) is 2. The molecular weight excluding hydrogens is 1040 g/mol. The summed E-state index contributed by atoms with van der Waals surface area (Å²) in [4.78, 5) is 109. The van der Waals surface area contributed by atoms with Gasteiger partial charge in [0.05, 0.1) is 52.1 Å². The molecule has 2 aromatic rings. The van der Waals surface area contributed by atoms with Crippen molar-refractivity contribution in [2.45, 2.75) is 153 Å². The minimum Gasteiger partial charge on any atom is -0.790 e. The van der Waals surface area contributed by atoms with E-state index in [0.29, 0.717) is 6.42 Å². The van der Waals surface area contributed by atoms with E-state index >= 15 is 0 Å². The Hall–Kier alpha value is -2.93. The molecule has 0 radical (unpaired) electrons. The van der Waals surface area contributed by atoms with Crippen LogP contribution in [0.2, 0.25) is 0 Å². The summed E-state index contributed by atoms with van der Waals surface area (Å²) < 4.78 is 72.1. The number of aliphatic hydroxyl groups is 4. The van der Waals surface area contributed by atoms with Crippen LogP contribution < -0.4 is 35.9 Å². The van der Waals surface area contributed by atoms with Gasteiger partial charge in [-0.3, -0.25) is 32.9 Å². The lowest BCUT2D eigenvalue weighted by Gasteiger charge is -2.36. The highest BCUT2D eigenvalue weighted by Crippen LogP contribution is 2.56. The van der Waals surface area contributed by atoms with Crippen molar-refractivity contribution in [1.82, 2.24) is 30.2 Å². The third kappa shape index (κ3) is 20.0. The Morgan fingerprint density at radius 2 is 1.62 bits per heavy atom. The van der Waals surface area contributed by atoms with Crippen LogP contribution in [0.4, 0.5) is 5.82 Å². The quantitative estimate of drug-likeness (QED) is 0.0246. The van der Waals surface area contributed by atoms with Gasteiger partial charge < -0.3 is 88.7 Å². The number of nitrogens with zero attached hydrogens (tertiary/aromatic N) is 4. The fraction of sp³-hybridized carbons (Fsp3) is 0.769. The summed E-state index contributed by atoms with van der Waals surface area (Å²) in [6.07, 6.45) is -5.64. The Morgan fingerprint density at radius 3 is 2.33 bits per heavy atom.